The Morgan fingerprint density at radius 2 is 1.82 bits per heavy atom. The van der Waals surface area contributed by atoms with E-state index in [0.29, 0.717) is 6.04 Å². The predicted molar refractivity (Wildman–Crippen MR) is 79.7 cm³/mol. The molecule has 1 saturated carbocycles. The zero-order valence-corrected chi connectivity index (χ0v) is 12.5. The molecule has 0 aliphatic heterocycles. The van der Waals surface area contributed by atoms with Crippen molar-refractivity contribution < 1.29 is 0 Å². The fourth-order valence-corrected chi connectivity index (χ4v) is 3.29. The van der Waals surface area contributed by atoms with E-state index < -0.39 is 0 Å². The molecule has 2 N–H and O–H groups in total. The Morgan fingerprint density at radius 3 is 2.41 bits per heavy atom. The summed E-state index contributed by atoms with van der Waals surface area (Å²) in [4.78, 5) is 2.73. The topological polar surface area (TPSA) is 29.3 Å². The summed E-state index contributed by atoms with van der Waals surface area (Å²) in [7, 11) is 0. The van der Waals surface area contributed by atoms with Gasteiger partial charge in [0.25, 0.3) is 0 Å². The summed E-state index contributed by atoms with van der Waals surface area (Å²) in [5.41, 5.74) is 5.99. The second-order valence-electron chi connectivity index (χ2n) is 5.30. The second kappa shape index (κ2) is 9.23. The van der Waals surface area contributed by atoms with Crippen LogP contribution in [0.25, 0.3) is 0 Å². The molecule has 1 fully saturated rings. The minimum absolute atomic E-state index is 0.478. The number of nitrogens with two attached hydrogens (primary N) is 1. The first-order chi connectivity index (χ1) is 8.27. The summed E-state index contributed by atoms with van der Waals surface area (Å²) >= 11 is 1.97. The number of rotatable bonds is 8. The molecule has 0 aromatic rings. The molecule has 0 unspecified atom stereocenters. The van der Waals surface area contributed by atoms with Gasteiger partial charge in [-0.2, -0.15) is 11.8 Å². The van der Waals surface area contributed by atoms with E-state index in [1.165, 1.54) is 63.8 Å². The van der Waals surface area contributed by atoms with Crippen molar-refractivity contribution in [2.45, 2.75) is 64.0 Å². The molecule has 0 radical (unpaired) electrons. The van der Waals surface area contributed by atoms with Crippen LogP contribution >= 0.6 is 11.8 Å². The van der Waals surface area contributed by atoms with Gasteiger partial charge in [-0.05, 0) is 70.0 Å². The maximum atomic E-state index is 5.99. The number of hydrogen-bond donors (Lipinski definition) is 1. The largest absolute Gasteiger partial charge is 0.328 e. The smallest absolute Gasteiger partial charge is 0.00964 e. The van der Waals surface area contributed by atoms with Crippen LogP contribution in [0.2, 0.25) is 0 Å². The highest BCUT2D eigenvalue weighted by molar-refractivity contribution is 7.98. The third-order valence-corrected chi connectivity index (χ3v) is 4.51. The van der Waals surface area contributed by atoms with Gasteiger partial charge in [0, 0.05) is 12.1 Å². The van der Waals surface area contributed by atoms with Crippen molar-refractivity contribution in [3.63, 3.8) is 0 Å². The second-order valence-corrected chi connectivity index (χ2v) is 6.29. The van der Waals surface area contributed by atoms with Crippen molar-refractivity contribution in [1.82, 2.24) is 4.90 Å². The highest BCUT2D eigenvalue weighted by Gasteiger charge is 2.23. The van der Waals surface area contributed by atoms with Crippen molar-refractivity contribution >= 4 is 11.8 Å². The third-order valence-electron chi connectivity index (χ3n) is 3.81. The first kappa shape index (κ1) is 15.3. The highest BCUT2D eigenvalue weighted by Crippen LogP contribution is 2.22. The SMILES string of the molecule is CCCN(CCCCSC)C1CCC(N)CC1. The van der Waals surface area contributed by atoms with Gasteiger partial charge < -0.3 is 10.6 Å². The normalized spacial score (nSPS) is 25.4. The Kier molecular flexibility index (Phi) is 8.33. The Hall–Kier alpha value is 0.270. The Balaban J connectivity index is 2.26. The summed E-state index contributed by atoms with van der Waals surface area (Å²) in [6, 6.07) is 1.30. The molecule has 102 valence electrons. The lowest BCUT2D eigenvalue weighted by Crippen LogP contribution is -2.41. The highest BCUT2D eigenvalue weighted by atomic mass is 32.2. The molecule has 1 aliphatic carbocycles. The van der Waals surface area contributed by atoms with Crippen molar-refractivity contribution in [2.75, 3.05) is 25.1 Å². The molecule has 0 saturated heterocycles. The Labute approximate surface area is 112 Å². The summed E-state index contributed by atoms with van der Waals surface area (Å²) in [5.74, 6) is 1.31. The minimum Gasteiger partial charge on any atom is -0.328 e. The van der Waals surface area contributed by atoms with E-state index >= 15 is 0 Å². The zero-order valence-electron chi connectivity index (χ0n) is 11.7. The van der Waals surface area contributed by atoms with Crippen LogP contribution in [0.5, 0.6) is 0 Å². The monoisotopic (exact) mass is 258 g/mol. The molecule has 0 heterocycles. The molecule has 0 aromatic carbocycles. The van der Waals surface area contributed by atoms with Gasteiger partial charge >= 0.3 is 0 Å². The first-order valence-corrected chi connectivity index (χ1v) is 8.65. The quantitative estimate of drug-likeness (QED) is 0.678. The van der Waals surface area contributed by atoms with Crippen LogP contribution in [0.4, 0.5) is 0 Å². The lowest BCUT2D eigenvalue weighted by atomic mass is 9.90. The van der Waals surface area contributed by atoms with E-state index in [2.05, 4.69) is 18.1 Å². The van der Waals surface area contributed by atoms with E-state index in [1.54, 1.807) is 0 Å². The number of unbranched alkanes of at least 4 members (excludes halogenated alkanes) is 1. The van der Waals surface area contributed by atoms with E-state index in [1.807, 2.05) is 11.8 Å². The van der Waals surface area contributed by atoms with Crippen molar-refractivity contribution in [3.8, 4) is 0 Å². The number of hydrogen-bond acceptors (Lipinski definition) is 3. The van der Waals surface area contributed by atoms with Gasteiger partial charge in [-0.25, -0.2) is 0 Å². The lowest BCUT2D eigenvalue weighted by molar-refractivity contribution is 0.148. The van der Waals surface area contributed by atoms with Gasteiger partial charge in [-0.1, -0.05) is 6.92 Å². The van der Waals surface area contributed by atoms with E-state index in [0.717, 1.165) is 6.04 Å². The average molecular weight is 258 g/mol. The molecule has 0 amide bonds. The van der Waals surface area contributed by atoms with Crippen LogP contribution in [0.1, 0.15) is 51.9 Å². The van der Waals surface area contributed by atoms with Gasteiger partial charge in [-0.15, -0.1) is 0 Å². The van der Waals surface area contributed by atoms with Crippen LogP contribution in [-0.4, -0.2) is 42.1 Å². The zero-order chi connectivity index (χ0) is 12.5. The average Bonchev–Trinajstić information content (AvgIpc) is 2.34. The lowest BCUT2D eigenvalue weighted by Gasteiger charge is -2.36. The number of nitrogens with zero attached hydrogens (tertiary/aromatic N) is 1. The van der Waals surface area contributed by atoms with Crippen LogP contribution in [0.15, 0.2) is 0 Å². The maximum Gasteiger partial charge on any atom is 0.00964 e. The first-order valence-electron chi connectivity index (χ1n) is 7.26. The molecule has 2 nitrogen and oxygen atoms in total. The summed E-state index contributed by atoms with van der Waals surface area (Å²) in [6.07, 6.45) is 11.3. The van der Waals surface area contributed by atoms with Gasteiger partial charge in [-0.3, -0.25) is 0 Å². The van der Waals surface area contributed by atoms with Gasteiger partial charge in [0.1, 0.15) is 0 Å². The van der Waals surface area contributed by atoms with Gasteiger partial charge in [0.05, 0.1) is 0 Å². The van der Waals surface area contributed by atoms with E-state index in [9.17, 15) is 0 Å². The van der Waals surface area contributed by atoms with E-state index in [4.69, 9.17) is 5.73 Å². The molecular weight excluding hydrogens is 228 g/mol. The van der Waals surface area contributed by atoms with Crippen LogP contribution in [-0.2, 0) is 0 Å². The van der Waals surface area contributed by atoms with Crippen molar-refractivity contribution in [2.24, 2.45) is 5.73 Å². The molecule has 1 rings (SSSR count). The predicted octanol–water partition coefficient (Wildman–Crippen LogP) is 3.11. The molecular formula is C14H30N2S. The molecule has 0 bridgehead atoms. The third kappa shape index (κ3) is 6.12. The van der Waals surface area contributed by atoms with Crippen LogP contribution < -0.4 is 5.73 Å². The molecule has 0 spiro atoms. The van der Waals surface area contributed by atoms with Crippen LogP contribution in [0.3, 0.4) is 0 Å². The molecule has 1 aliphatic rings. The summed E-state index contributed by atoms with van der Waals surface area (Å²) in [6.45, 7) is 4.87. The van der Waals surface area contributed by atoms with Gasteiger partial charge in [0.2, 0.25) is 0 Å². The fraction of sp³-hybridized carbons (Fsp3) is 1.00. The Bertz CT molecular complexity index is 179. The van der Waals surface area contributed by atoms with Crippen molar-refractivity contribution in [3.05, 3.63) is 0 Å². The standard InChI is InChI=1S/C14H30N2S/c1-3-10-16(11-4-5-12-17-2)14-8-6-13(15)7-9-14/h13-14H,3-12,15H2,1-2H3. The maximum absolute atomic E-state index is 5.99. The van der Waals surface area contributed by atoms with E-state index in [-0.39, 0.29) is 0 Å². The summed E-state index contributed by atoms with van der Waals surface area (Å²) in [5, 5.41) is 0. The van der Waals surface area contributed by atoms with Crippen LogP contribution in [0, 0.1) is 0 Å². The minimum atomic E-state index is 0.478. The Morgan fingerprint density at radius 1 is 1.12 bits per heavy atom. The fourth-order valence-electron chi connectivity index (χ4n) is 2.79. The molecule has 0 atom stereocenters. The molecule has 0 aromatic heterocycles. The molecule has 3 heteroatoms. The molecule has 17 heavy (non-hydrogen) atoms. The van der Waals surface area contributed by atoms with Gasteiger partial charge in [0.15, 0.2) is 0 Å². The van der Waals surface area contributed by atoms with Crippen molar-refractivity contribution in [1.29, 1.82) is 0 Å². The number of thioether (sulfide) groups is 1. The summed E-state index contributed by atoms with van der Waals surface area (Å²) < 4.78 is 0.